The third-order valence-corrected chi connectivity index (χ3v) is 12.4. The zero-order valence-electron chi connectivity index (χ0n) is 28.9. The number of phenols is 1. The van der Waals surface area contributed by atoms with Crippen molar-refractivity contribution in [2.75, 3.05) is 26.4 Å². The van der Waals surface area contributed by atoms with Crippen LogP contribution in [0.2, 0.25) is 0 Å². The van der Waals surface area contributed by atoms with E-state index in [-0.39, 0.29) is 57.9 Å². The van der Waals surface area contributed by atoms with Crippen molar-refractivity contribution in [3.63, 3.8) is 0 Å². The van der Waals surface area contributed by atoms with E-state index in [1.54, 1.807) is 13.0 Å². The number of phenolic OH excluding ortho intramolecular Hbond substituents is 1. The van der Waals surface area contributed by atoms with Crippen molar-refractivity contribution in [2.45, 2.75) is 108 Å². The highest BCUT2D eigenvalue weighted by atomic mass is 16.7. The maximum atomic E-state index is 12.4. The van der Waals surface area contributed by atoms with Crippen LogP contribution in [-0.2, 0) is 9.47 Å². The van der Waals surface area contributed by atoms with E-state index in [9.17, 15) is 45.3 Å². The number of carbonyl (C=O) groups is 2. The van der Waals surface area contributed by atoms with Crippen LogP contribution < -0.4 is 4.74 Å². The van der Waals surface area contributed by atoms with Crippen LogP contribution in [-0.4, -0.2) is 104 Å². The molecule has 1 spiro atoms. The molecule has 0 bridgehead atoms. The molecule has 0 amide bonds. The van der Waals surface area contributed by atoms with Gasteiger partial charge in [0, 0.05) is 19.8 Å². The summed E-state index contributed by atoms with van der Waals surface area (Å²) < 4.78 is 18.0. The molecule has 0 unspecified atom stereocenters. The summed E-state index contributed by atoms with van der Waals surface area (Å²) in [5.74, 6) is -1.20. The Kier molecular flexibility index (Phi) is 10.8. The average Bonchev–Trinajstić information content (AvgIpc) is 3.52. The number of aliphatic hydroxyl groups is 5. The lowest BCUT2D eigenvalue weighted by atomic mass is 9.55. The number of benzene rings is 2. The van der Waals surface area contributed by atoms with Crippen molar-refractivity contribution < 1.29 is 59.5 Å². The predicted octanol–water partition coefficient (Wildman–Crippen LogP) is 3.71. The number of rotatable bonds is 11. The standard InChI is InChI=1S/C38H52O12/c1-20-12-24-13-25(35(45)46)14-27(31(24)32(42)29(20)21(2)41)49-36-33(43)34(44)38(47,28(17-40)50-36)10-7-22-15-37(8-3-4-9-37)16-26-19-48-18-23(30(22)26)6-5-11-39/h12-14,22-23,26,28,30,33-34,36,39-40,42-44,47H,3-11,15-19H2,1-2H3,(H,45,46)/t22-,23+,26-,28+,30-,33+,34+,36+,38+/m0/s1. The summed E-state index contributed by atoms with van der Waals surface area (Å²) in [6, 6.07) is 3.99. The van der Waals surface area contributed by atoms with Crippen LogP contribution in [0.5, 0.6) is 11.5 Å². The Morgan fingerprint density at radius 2 is 1.76 bits per heavy atom. The topological polar surface area (TPSA) is 203 Å². The molecule has 2 aromatic carbocycles. The number of hydrogen-bond donors (Lipinski definition) is 7. The Hall–Kier alpha value is -2.84. The molecule has 2 saturated heterocycles. The minimum atomic E-state index is -2.04. The van der Waals surface area contributed by atoms with Gasteiger partial charge in [0.15, 0.2) is 5.78 Å². The average molecular weight is 701 g/mol. The first-order chi connectivity index (χ1) is 23.8. The summed E-state index contributed by atoms with van der Waals surface area (Å²) in [5, 5.41) is 76.2. The number of carbonyl (C=O) groups excluding carboxylic acids is 1. The van der Waals surface area contributed by atoms with Gasteiger partial charge in [-0.2, -0.15) is 0 Å². The van der Waals surface area contributed by atoms with Gasteiger partial charge in [-0.1, -0.05) is 18.9 Å². The summed E-state index contributed by atoms with van der Waals surface area (Å²) in [6.45, 7) is 3.61. The Morgan fingerprint density at radius 1 is 1.02 bits per heavy atom. The highest BCUT2D eigenvalue weighted by molar-refractivity contribution is 6.08. The molecule has 0 radical (unpaired) electrons. The van der Waals surface area contributed by atoms with Crippen molar-refractivity contribution in [3.05, 3.63) is 34.9 Å². The number of hydrogen-bond acceptors (Lipinski definition) is 11. The van der Waals surface area contributed by atoms with Gasteiger partial charge >= 0.3 is 5.97 Å². The lowest BCUT2D eigenvalue weighted by Crippen LogP contribution is -2.68. The first-order valence-corrected chi connectivity index (χ1v) is 18.1. The molecule has 2 aliphatic heterocycles. The number of carboxylic acid groups (broad SMARTS) is 1. The van der Waals surface area contributed by atoms with Crippen molar-refractivity contribution in [1.82, 2.24) is 0 Å². The van der Waals surface area contributed by atoms with E-state index in [4.69, 9.17) is 14.2 Å². The van der Waals surface area contributed by atoms with Gasteiger partial charge in [-0.25, -0.2) is 4.79 Å². The predicted molar refractivity (Wildman–Crippen MR) is 181 cm³/mol. The molecule has 6 rings (SSSR count). The summed E-state index contributed by atoms with van der Waals surface area (Å²) in [7, 11) is 0. The minimum absolute atomic E-state index is 0.0115. The van der Waals surface area contributed by atoms with Crippen molar-refractivity contribution in [2.24, 2.45) is 29.1 Å². The first-order valence-electron chi connectivity index (χ1n) is 18.1. The fourth-order valence-corrected chi connectivity index (χ4v) is 10.2. The molecule has 4 fully saturated rings. The minimum Gasteiger partial charge on any atom is -0.506 e. The van der Waals surface area contributed by atoms with Crippen LogP contribution in [0.1, 0.15) is 97.4 Å². The highest BCUT2D eigenvalue weighted by Gasteiger charge is 2.57. The van der Waals surface area contributed by atoms with E-state index in [2.05, 4.69) is 0 Å². The molecule has 50 heavy (non-hydrogen) atoms. The fourth-order valence-electron chi connectivity index (χ4n) is 10.2. The Bertz CT molecular complexity index is 1560. The Labute approximate surface area is 292 Å². The molecule has 276 valence electrons. The Balaban J connectivity index is 1.27. The lowest BCUT2D eigenvalue weighted by molar-refractivity contribution is -0.315. The molecule has 0 aromatic heterocycles. The molecule has 2 saturated carbocycles. The van der Waals surface area contributed by atoms with Crippen molar-refractivity contribution >= 4 is 22.5 Å². The zero-order chi connectivity index (χ0) is 36.0. The number of carboxylic acids is 1. The van der Waals surface area contributed by atoms with E-state index in [0.717, 1.165) is 38.2 Å². The second kappa shape index (κ2) is 14.7. The second-order valence-electron chi connectivity index (χ2n) is 15.5. The molecule has 4 aliphatic rings. The van der Waals surface area contributed by atoms with Gasteiger partial charge < -0.3 is 50.0 Å². The maximum Gasteiger partial charge on any atom is 0.335 e. The summed E-state index contributed by atoms with van der Waals surface area (Å²) in [5.41, 5.74) is -1.58. The number of ether oxygens (including phenoxy) is 3. The van der Waals surface area contributed by atoms with Gasteiger partial charge in [0.1, 0.15) is 35.4 Å². The Morgan fingerprint density at radius 3 is 2.42 bits per heavy atom. The van der Waals surface area contributed by atoms with Crippen molar-refractivity contribution in [1.29, 1.82) is 0 Å². The number of ketones is 1. The van der Waals surface area contributed by atoms with Gasteiger partial charge in [-0.05, 0) is 117 Å². The molecule has 2 heterocycles. The van der Waals surface area contributed by atoms with E-state index < -0.39 is 54.3 Å². The molecule has 9 atom stereocenters. The first kappa shape index (κ1) is 36.9. The number of aromatic hydroxyl groups is 1. The van der Waals surface area contributed by atoms with Crippen LogP contribution in [0.4, 0.5) is 0 Å². The SMILES string of the molecule is CC(=O)c1c(C)cc2cc(C(=O)O)cc(O[C@@H]3O[C@H](CO)[C@](O)(CC[C@H]4CC5(CCCC5)C[C@H]5COC[C@@H](CCCO)[C@@H]54)[C@H](O)[C@H]3O)c2c1O. The van der Waals surface area contributed by atoms with Crippen LogP contribution >= 0.6 is 0 Å². The van der Waals surface area contributed by atoms with Gasteiger partial charge in [0.05, 0.1) is 23.1 Å². The third-order valence-electron chi connectivity index (χ3n) is 12.4. The van der Waals surface area contributed by atoms with E-state index >= 15 is 0 Å². The van der Waals surface area contributed by atoms with Gasteiger partial charge in [0.2, 0.25) is 6.29 Å². The molecule has 2 aliphatic carbocycles. The van der Waals surface area contributed by atoms with Crippen LogP contribution in [0.15, 0.2) is 18.2 Å². The van der Waals surface area contributed by atoms with E-state index in [1.165, 1.54) is 25.8 Å². The molecule has 12 nitrogen and oxygen atoms in total. The van der Waals surface area contributed by atoms with Gasteiger partial charge in [-0.15, -0.1) is 0 Å². The smallest absolute Gasteiger partial charge is 0.335 e. The second-order valence-corrected chi connectivity index (χ2v) is 15.5. The quantitative estimate of drug-likeness (QED) is 0.168. The zero-order valence-corrected chi connectivity index (χ0v) is 28.9. The normalized spacial score (nSPS) is 33.7. The third kappa shape index (κ3) is 6.76. The maximum absolute atomic E-state index is 12.4. The number of aryl methyl sites for hydroxylation is 1. The number of aromatic carboxylic acids is 1. The molecule has 7 N–H and O–H groups in total. The summed E-state index contributed by atoms with van der Waals surface area (Å²) >= 11 is 0. The highest BCUT2D eigenvalue weighted by Crippen LogP contribution is 2.58. The molecule has 12 heteroatoms. The van der Waals surface area contributed by atoms with Crippen LogP contribution in [0.3, 0.4) is 0 Å². The largest absolute Gasteiger partial charge is 0.506 e. The van der Waals surface area contributed by atoms with E-state index in [0.29, 0.717) is 43.5 Å². The number of aliphatic hydroxyl groups excluding tert-OH is 4. The monoisotopic (exact) mass is 700 g/mol. The summed E-state index contributed by atoms with van der Waals surface area (Å²) in [6.07, 6.45) is 2.20. The number of Topliss-reactive ketones (excluding diaryl/α,β-unsaturated/α-hetero) is 1. The molecule has 2 aromatic rings. The number of fused-ring (bicyclic) bond motifs is 2. The summed E-state index contributed by atoms with van der Waals surface area (Å²) in [4.78, 5) is 24.4. The van der Waals surface area contributed by atoms with E-state index in [1.807, 2.05) is 0 Å². The molecular formula is C38H52O12. The van der Waals surface area contributed by atoms with Crippen LogP contribution in [0.25, 0.3) is 10.8 Å². The van der Waals surface area contributed by atoms with Crippen molar-refractivity contribution in [3.8, 4) is 11.5 Å². The van der Waals surface area contributed by atoms with Gasteiger partial charge in [0.25, 0.3) is 0 Å². The fraction of sp³-hybridized carbons (Fsp3) is 0.684. The van der Waals surface area contributed by atoms with Gasteiger partial charge in [-0.3, -0.25) is 4.79 Å². The van der Waals surface area contributed by atoms with Crippen LogP contribution in [0, 0.1) is 36.0 Å². The molecular weight excluding hydrogens is 648 g/mol. The lowest BCUT2D eigenvalue weighted by Gasteiger charge is -2.54.